The number of imidazole rings is 1. The highest BCUT2D eigenvalue weighted by Gasteiger charge is 2.50. The van der Waals surface area contributed by atoms with Gasteiger partial charge in [-0.3, -0.25) is 9.59 Å². The molecule has 2 heterocycles. The van der Waals surface area contributed by atoms with Gasteiger partial charge in [-0.1, -0.05) is 18.2 Å². The first-order valence-electron chi connectivity index (χ1n) is 10.9. The summed E-state index contributed by atoms with van der Waals surface area (Å²) in [6.45, 7) is 1.47. The van der Waals surface area contributed by atoms with Crippen molar-refractivity contribution in [2.75, 3.05) is 20.2 Å². The van der Waals surface area contributed by atoms with Gasteiger partial charge in [-0.25, -0.2) is 4.98 Å². The highest BCUT2D eigenvalue weighted by atomic mass is 16.5. The number of carbonyl (C=O) groups excluding carboxylic acids is 2. The van der Waals surface area contributed by atoms with E-state index in [2.05, 4.69) is 15.3 Å². The topological polar surface area (TPSA) is 87.3 Å². The Morgan fingerprint density at radius 3 is 2.66 bits per heavy atom. The second kappa shape index (κ2) is 8.15. The number of rotatable bonds is 5. The summed E-state index contributed by atoms with van der Waals surface area (Å²) in [5.74, 6) is 1.41. The minimum absolute atomic E-state index is 0.0413. The van der Waals surface area contributed by atoms with Gasteiger partial charge in [0, 0.05) is 42.7 Å². The van der Waals surface area contributed by atoms with Crippen LogP contribution in [0.2, 0.25) is 0 Å². The van der Waals surface area contributed by atoms with Crippen molar-refractivity contribution in [3.63, 3.8) is 0 Å². The predicted octanol–water partition coefficient (Wildman–Crippen LogP) is 3.51. The Morgan fingerprint density at radius 1 is 1.16 bits per heavy atom. The van der Waals surface area contributed by atoms with Crippen LogP contribution < -0.4 is 10.1 Å². The average Bonchev–Trinajstić information content (AvgIpc) is 3.49. The lowest BCUT2D eigenvalue weighted by atomic mass is 9.65. The fourth-order valence-electron chi connectivity index (χ4n) is 5.00. The van der Waals surface area contributed by atoms with Gasteiger partial charge in [0.15, 0.2) is 0 Å². The van der Waals surface area contributed by atoms with E-state index < -0.39 is 0 Å². The lowest BCUT2D eigenvalue weighted by molar-refractivity contribution is 0.0610. The molecule has 1 saturated heterocycles. The highest BCUT2D eigenvalue weighted by molar-refractivity contribution is 6.00. The Morgan fingerprint density at radius 2 is 1.94 bits per heavy atom. The van der Waals surface area contributed by atoms with Crippen LogP contribution in [0.3, 0.4) is 0 Å². The van der Waals surface area contributed by atoms with Gasteiger partial charge in [-0.05, 0) is 55.0 Å². The van der Waals surface area contributed by atoms with E-state index in [1.165, 1.54) is 0 Å². The van der Waals surface area contributed by atoms with E-state index in [0.29, 0.717) is 17.0 Å². The number of likely N-dealkylation sites (tertiary alicyclic amines) is 1. The van der Waals surface area contributed by atoms with Crippen LogP contribution in [0.1, 0.15) is 40.0 Å². The minimum Gasteiger partial charge on any atom is -0.497 e. The standard InChI is InChI=1S/C25H26N4O3/c1-32-19-8-6-17(7-9-19)23(30)28-18-14-25(15-18)10-13-29(16-25)24(31)21-5-3-2-4-20(21)22-26-11-12-27-22/h2-9,11-12,18H,10,13-16H2,1H3,(H,26,27)(H,28,30). The molecule has 7 heteroatoms. The van der Waals surface area contributed by atoms with Crippen LogP contribution in [0.4, 0.5) is 0 Å². The number of carbonyl (C=O) groups is 2. The number of hydrogen-bond donors (Lipinski definition) is 2. The first-order chi connectivity index (χ1) is 15.6. The van der Waals surface area contributed by atoms with Gasteiger partial charge in [0.05, 0.1) is 12.7 Å². The van der Waals surface area contributed by atoms with Crippen molar-refractivity contribution in [3.8, 4) is 17.1 Å². The molecule has 3 aromatic rings. The third-order valence-corrected chi connectivity index (χ3v) is 6.68. The third-order valence-electron chi connectivity index (χ3n) is 6.68. The van der Waals surface area contributed by atoms with Crippen molar-refractivity contribution in [2.45, 2.75) is 25.3 Å². The summed E-state index contributed by atoms with van der Waals surface area (Å²) < 4.78 is 5.15. The van der Waals surface area contributed by atoms with E-state index in [1.54, 1.807) is 43.8 Å². The molecule has 2 amide bonds. The summed E-state index contributed by atoms with van der Waals surface area (Å²) in [5.41, 5.74) is 2.22. The molecule has 1 aliphatic heterocycles. The van der Waals surface area contributed by atoms with Crippen molar-refractivity contribution in [1.29, 1.82) is 0 Å². The second-order valence-electron chi connectivity index (χ2n) is 8.77. The highest BCUT2D eigenvalue weighted by Crippen LogP contribution is 2.48. The van der Waals surface area contributed by atoms with Crippen molar-refractivity contribution < 1.29 is 14.3 Å². The number of amides is 2. The van der Waals surface area contributed by atoms with E-state index in [9.17, 15) is 9.59 Å². The molecule has 2 aromatic carbocycles. The van der Waals surface area contributed by atoms with Gasteiger partial charge in [0.2, 0.25) is 0 Å². The van der Waals surface area contributed by atoms with Gasteiger partial charge in [-0.2, -0.15) is 0 Å². The maximum absolute atomic E-state index is 13.3. The average molecular weight is 431 g/mol. The van der Waals surface area contributed by atoms with Crippen LogP contribution in [0.5, 0.6) is 5.75 Å². The summed E-state index contributed by atoms with van der Waals surface area (Å²) in [4.78, 5) is 35.2. The molecule has 2 aliphatic rings. The fraction of sp³-hybridized carbons (Fsp3) is 0.320. The summed E-state index contributed by atoms with van der Waals surface area (Å²) in [6, 6.07) is 14.9. The lowest BCUT2D eigenvalue weighted by Crippen LogP contribution is -2.52. The van der Waals surface area contributed by atoms with Crippen LogP contribution >= 0.6 is 0 Å². The second-order valence-corrected chi connectivity index (χ2v) is 8.77. The molecule has 1 aliphatic carbocycles. The van der Waals surface area contributed by atoms with Crippen LogP contribution in [-0.2, 0) is 0 Å². The minimum atomic E-state index is -0.0641. The molecule has 164 valence electrons. The van der Waals surface area contributed by atoms with Crippen molar-refractivity contribution >= 4 is 11.8 Å². The monoisotopic (exact) mass is 430 g/mol. The van der Waals surface area contributed by atoms with Crippen LogP contribution in [-0.4, -0.2) is 52.9 Å². The molecule has 2 fully saturated rings. The van der Waals surface area contributed by atoms with E-state index >= 15 is 0 Å². The summed E-state index contributed by atoms with van der Waals surface area (Å²) in [7, 11) is 1.61. The maximum atomic E-state index is 13.3. The molecule has 0 radical (unpaired) electrons. The molecule has 5 rings (SSSR count). The quantitative estimate of drug-likeness (QED) is 0.649. The van der Waals surface area contributed by atoms with Gasteiger partial charge in [-0.15, -0.1) is 0 Å². The normalized spacial score (nSPS) is 21.9. The van der Waals surface area contributed by atoms with Crippen molar-refractivity contribution in [3.05, 3.63) is 72.1 Å². The van der Waals surface area contributed by atoms with E-state index in [4.69, 9.17) is 4.74 Å². The zero-order valence-corrected chi connectivity index (χ0v) is 18.0. The van der Waals surface area contributed by atoms with Crippen LogP contribution in [0, 0.1) is 5.41 Å². The van der Waals surface area contributed by atoms with Gasteiger partial charge in [0.1, 0.15) is 11.6 Å². The fourth-order valence-corrected chi connectivity index (χ4v) is 5.00. The Bertz CT molecular complexity index is 1120. The first kappa shape index (κ1) is 20.3. The number of hydrogen-bond acceptors (Lipinski definition) is 4. The van der Waals surface area contributed by atoms with E-state index in [-0.39, 0.29) is 23.3 Å². The summed E-state index contributed by atoms with van der Waals surface area (Å²) in [5, 5.41) is 3.13. The molecule has 1 saturated carbocycles. The number of benzene rings is 2. The smallest absolute Gasteiger partial charge is 0.254 e. The number of ether oxygens (including phenoxy) is 1. The largest absolute Gasteiger partial charge is 0.497 e. The Hall–Kier alpha value is -3.61. The molecular formula is C25H26N4O3. The first-order valence-corrected chi connectivity index (χ1v) is 10.9. The van der Waals surface area contributed by atoms with Gasteiger partial charge in [0.25, 0.3) is 11.8 Å². The molecule has 0 unspecified atom stereocenters. The van der Waals surface area contributed by atoms with E-state index in [1.807, 2.05) is 29.2 Å². The van der Waals surface area contributed by atoms with Gasteiger partial charge < -0.3 is 19.9 Å². The number of aromatic amines is 1. The Labute approximate surface area is 186 Å². The van der Waals surface area contributed by atoms with Crippen LogP contribution in [0.15, 0.2) is 60.9 Å². The number of nitrogens with zero attached hydrogens (tertiary/aromatic N) is 2. The molecule has 1 spiro atoms. The predicted molar refractivity (Wildman–Crippen MR) is 120 cm³/mol. The Kier molecular flexibility index (Phi) is 5.17. The van der Waals surface area contributed by atoms with Crippen molar-refractivity contribution in [1.82, 2.24) is 20.2 Å². The van der Waals surface area contributed by atoms with E-state index in [0.717, 1.165) is 43.7 Å². The zero-order chi connectivity index (χ0) is 22.1. The van der Waals surface area contributed by atoms with Gasteiger partial charge >= 0.3 is 0 Å². The molecule has 32 heavy (non-hydrogen) atoms. The number of H-pyrrole nitrogens is 1. The lowest BCUT2D eigenvalue weighted by Gasteiger charge is -2.45. The number of nitrogens with one attached hydrogen (secondary N) is 2. The third kappa shape index (κ3) is 3.75. The zero-order valence-electron chi connectivity index (χ0n) is 18.0. The maximum Gasteiger partial charge on any atom is 0.254 e. The Balaban J connectivity index is 1.20. The summed E-state index contributed by atoms with van der Waals surface area (Å²) >= 11 is 0. The molecule has 0 atom stereocenters. The molecule has 1 aromatic heterocycles. The molecule has 7 nitrogen and oxygen atoms in total. The van der Waals surface area contributed by atoms with Crippen molar-refractivity contribution in [2.24, 2.45) is 5.41 Å². The molecule has 2 N–H and O–H groups in total. The molecule has 0 bridgehead atoms. The number of methoxy groups -OCH3 is 1. The summed E-state index contributed by atoms with van der Waals surface area (Å²) in [6.07, 6.45) is 6.22. The SMILES string of the molecule is COc1ccc(C(=O)NC2CC3(CCN(C(=O)c4ccccc4-c4ncc[nH]4)C3)C2)cc1. The van der Waals surface area contributed by atoms with Crippen LogP contribution in [0.25, 0.3) is 11.4 Å². The number of aromatic nitrogens is 2. The molecular weight excluding hydrogens is 404 g/mol.